The Kier molecular flexibility index (Phi) is 5.04. The maximum atomic E-state index is 11.1. The van der Waals surface area contributed by atoms with E-state index in [0.717, 1.165) is 5.06 Å². The van der Waals surface area contributed by atoms with Gasteiger partial charge in [0.2, 0.25) is 0 Å². The number of amidine groups is 1. The highest BCUT2D eigenvalue weighted by molar-refractivity contribution is 6.10. The molecule has 7 nitrogen and oxygen atoms in total. The molecular formula is C17H21N3O4. The topological polar surface area (TPSA) is 83.7 Å². The summed E-state index contributed by atoms with van der Waals surface area (Å²) in [6, 6.07) is 5.06. The van der Waals surface area contributed by atoms with Crippen LogP contribution in [0.2, 0.25) is 0 Å². The van der Waals surface area contributed by atoms with E-state index >= 15 is 0 Å². The third-order valence-electron chi connectivity index (χ3n) is 3.17. The lowest BCUT2D eigenvalue weighted by molar-refractivity contribution is -0.132. The third-order valence-corrected chi connectivity index (χ3v) is 3.17. The van der Waals surface area contributed by atoms with Gasteiger partial charge in [-0.15, -0.1) is 0 Å². The Morgan fingerprint density at radius 1 is 1.29 bits per heavy atom. The standard InChI is InChI=1S/C17H21N3O4/c1-11(21)24-14-7-6-12(8-15(14)23-5)16-18-9-13(19-16)10-20(22)17(2,3)4/h6-10,22H,1-5H3. The Balaban J connectivity index is 2.27. The van der Waals surface area contributed by atoms with Gasteiger partial charge in [-0.2, -0.15) is 0 Å². The summed E-state index contributed by atoms with van der Waals surface area (Å²) in [5.74, 6) is 0.807. The minimum atomic E-state index is -0.436. The van der Waals surface area contributed by atoms with Gasteiger partial charge in [0.15, 0.2) is 17.3 Å². The van der Waals surface area contributed by atoms with Crippen LogP contribution in [0.1, 0.15) is 33.3 Å². The number of hydrogen-bond acceptors (Lipinski definition) is 7. The van der Waals surface area contributed by atoms with E-state index in [4.69, 9.17) is 9.47 Å². The molecule has 1 heterocycles. The Bertz CT molecular complexity index is 730. The number of carbonyl (C=O) groups is 1. The van der Waals surface area contributed by atoms with Crippen LogP contribution in [0.3, 0.4) is 0 Å². The summed E-state index contributed by atoms with van der Waals surface area (Å²) in [5, 5.41) is 11.1. The van der Waals surface area contributed by atoms with E-state index in [2.05, 4.69) is 9.98 Å². The van der Waals surface area contributed by atoms with Gasteiger partial charge in [-0.25, -0.2) is 9.98 Å². The first-order valence-electron chi connectivity index (χ1n) is 7.40. The number of ether oxygens (including phenoxy) is 2. The number of allylic oxidation sites excluding steroid dienone is 1. The number of aliphatic imine (C=N–C) groups is 2. The lowest BCUT2D eigenvalue weighted by Gasteiger charge is -2.27. The Morgan fingerprint density at radius 3 is 2.58 bits per heavy atom. The molecule has 0 unspecified atom stereocenters. The van der Waals surface area contributed by atoms with Crippen molar-refractivity contribution in [3.05, 3.63) is 35.7 Å². The first-order valence-corrected chi connectivity index (χ1v) is 7.40. The summed E-state index contributed by atoms with van der Waals surface area (Å²) in [7, 11) is 1.49. The molecule has 0 fully saturated rings. The zero-order valence-electron chi connectivity index (χ0n) is 14.4. The van der Waals surface area contributed by atoms with Gasteiger partial charge in [-0.3, -0.25) is 15.1 Å². The normalized spacial score (nSPS) is 15.4. The van der Waals surface area contributed by atoms with Gasteiger partial charge >= 0.3 is 5.97 Å². The predicted molar refractivity (Wildman–Crippen MR) is 90.8 cm³/mol. The van der Waals surface area contributed by atoms with Crippen molar-refractivity contribution in [3.63, 3.8) is 0 Å². The number of nitrogens with zero attached hydrogens (tertiary/aromatic N) is 3. The molecule has 1 aliphatic rings. The molecule has 0 aliphatic carbocycles. The number of methoxy groups -OCH3 is 1. The molecule has 24 heavy (non-hydrogen) atoms. The zero-order chi connectivity index (χ0) is 17.9. The van der Waals surface area contributed by atoms with Crippen molar-refractivity contribution in [1.29, 1.82) is 0 Å². The number of esters is 1. The molecule has 0 atom stereocenters. The van der Waals surface area contributed by atoms with Gasteiger partial charge in [0.05, 0.1) is 25.1 Å². The van der Waals surface area contributed by atoms with Crippen LogP contribution in [-0.4, -0.2) is 40.9 Å². The molecule has 1 N–H and O–H groups in total. The van der Waals surface area contributed by atoms with Crippen molar-refractivity contribution in [2.24, 2.45) is 9.98 Å². The number of rotatable bonds is 4. The number of benzene rings is 1. The maximum absolute atomic E-state index is 11.1. The van der Waals surface area contributed by atoms with Crippen LogP contribution < -0.4 is 9.47 Å². The van der Waals surface area contributed by atoms with Crippen molar-refractivity contribution >= 4 is 18.0 Å². The maximum Gasteiger partial charge on any atom is 0.308 e. The highest BCUT2D eigenvalue weighted by Crippen LogP contribution is 2.29. The SMILES string of the molecule is COc1cc(C2=NC(=CN(O)C(C)(C)C)C=N2)ccc1OC(C)=O. The second-order valence-electron chi connectivity index (χ2n) is 6.22. The molecule has 128 valence electrons. The van der Waals surface area contributed by atoms with Crippen LogP contribution >= 0.6 is 0 Å². The summed E-state index contributed by atoms with van der Waals surface area (Å²) in [5.41, 5.74) is 0.807. The van der Waals surface area contributed by atoms with Crippen LogP contribution in [0.5, 0.6) is 11.5 Å². The zero-order valence-corrected chi connectivity index (χ0v) is 14.4. The van der Waals surface area contributed by atoms with E-state index in [1.165, 1.54) is 20.2 Å². The van der Waals surface area contributed by atoms with Crippen molar-refractivity contribution in [2.75, 3.05) is 7.11 Å². The highest BCUT2D eigenvalue weighted by Gasteiger charge is 2.18. The molecule has 0 amide bonds. The van der Waals surface area contributed by atoms with E-state index in [0.29, 0.717) is 28.6 Å². The van der Waals surface area contributed by atoms with Crippen LogP contribution in [0.25, 0.3) is 0 Å². The highest BCUT2D eigenvalue weighted by atomic mass is 16.6. The molecule has 7 heteroatoms. The average Bonchev–Trinajstić information content (AvgIpc) is 2.94. The fourth-order valence-electron chi connectivity index (χ4n) is 1.87. The van der Waals surface area contributed by atoms with Gasteiger partial charge in [0.25, 0.3) is 0 Å². The lowest BCUT2D eigenvalue weighted by Crippen LogP contribution is -2.34. The van der Waals surface area contributed by atoms with E-state index in [9.17, 15) is 10.0 Å². The molecule has 0 radical (unpaired) electrons. The van der Waals surface area contributed by atoms with Crippen molar-refractivity contribution in [3.8, 4) is 11.5 Å². The van der Waals surface area contributed by atoms with Gasteiger partial charge in [0, 0.05) is 12.5 Å². The number of hydroxylamine groups is 2. The second-order valence-corrected chi connectivity index (χ2v) is 6.22. The van der Waals surface area contributed by atoms with E-state index in [1.807, 2.05) is 20.8 Å². The lowest BCUT2D eigenvalue weighted by atomic mass is 10.1. The van der Waals surface area contributed by atoms with Crippen molar-refractivity contribution in [1.82, 2.24) is 5.06 Å². The number of carbonyl (C=O) groups excluding carboxylic acids is 1. The summed E-state index contributed by atoms with van der Waals surface area (Å²) >= 11 is 0. The largest absolute Gasteiger partial charge is 0.493 e. The fraction of sp³-hybridized carbons (Fsp3) is 0.353. The third kappa shape index (κ3) is 4.20. The van der Waals surface area contributed by atoms with Crippen LogP contribution in [-0.2, 0) is 4.79 Å². The minimum Gasteiger partial charge on any atom is -0.493 e. The Hall–Kier alpha value is -2.67. The summed E-state index contributed by atoms with van der Waals surface area (Å²) < 4.78 is 10.3. The average molecular weight is 331 g/mol. The van der Waals surface area contributed by atoms with Gasteiger partial charge in [0.1, 0.15) is 5.70 Å². The molecule has 2 rings (SSSR count). The van der Waals surface area contributed by atoms with Crippen molar-refractivity contribution < 1.29 is 19.5 Å². The quantitative estimate of drug-likeness (QED) is 0.521. The monoisotopic (exact) mass is 331 g/mol. The molecule has 0 saturated heterocycles. The molecule has 1 aliphatic heterocycles. The van der Waals surface area contributed by atoms with Crippen molar-refractivity contribution in [2.45, 2.75) is 33.2 Å². The molecule has 0 bridgehead atoms. The van der Waals surface area contributed by atoms with E-state index in [1.54, 1.807) is 24.4 Å². The molecule has 0 spiro atoms. The van der Waals surface area contributed by atoms with Crippen LogP contribution in [0, 0.1) is 0 Å². The minimum absolute atomic E-state index is 0.335. The van der Waals surface area contributed by atoms with Gasteiger partial charge < -0.3 is 9.47 Å². The smallest absolute Gasteiger partial charge is 0.308 e. The summed E-state index contributed by atoms with van der Waals surface area (Å²) in [6.07, 6.45) is 3.08. The molecular weight excluding hydrogens is 310 g/mol. The fourth-order valence-corrected chi connectivity index (χ4v) is 1.87. The molecule has 0 aromatic heterocycles. The summed E-state index contributed by atoms with van der Waals surface area (Å²) in [6.45, 7) is 6.95. The molecule has 1 aromatic rings. The van der Waals surface area contributed by atoms with E-state index in [-0.39, 0.29) is 0 Å². The molecule has 0 saturated carbocycles. The first kappa shape index (κ1) is 17.7. The van der Waals surface area contributed by atoms with Gasteiger partial charge in [-0.05, 0) is 39.0 Å². The number of hydrogen-bond donors (Lipinski definition) is 1. The van der Waals surface area contributed by atoms with Crippen LogP contribution in [0.4, 0.5) is 0 Å². The molecule has 1 aromatic carbocycles. The Labute approximate surface area is 140 Å². The van der Waals surface area contributed by atoms with Gasteiger partial charge in [-0.1, -0.05) is 0 Å². The summed E-state index contributed by atoms with van der Waals surface area (Å²) in [4.78, 5) is 19.7. The van der Waals surface area contributed by atoms with E-state index < -0.39 is 11.5 Å². The Morgan fingerprint density at radius 2 is 2.00 bits per heavy atom. The first-order chi connectivity index (χ1) is 11.2. The second kappa shape index (κ2) is 6.84. The predicted octanol–water partition coefficient (Wildman–Crippen LogP) is 2.78. The van der Waals surface area contributed by atoms with Crippen LogP contribution in [0.15, 0.2) is 40.1 Å².